The summed E-state index contributed by atoms with van der Waals surface area (Å²) >= 11 is 0. The minimum absolute atomic E-state index is 0. The van der Waals surface area contributed by atoms with E-state index in [1.54, 1.807) is 48.5 Å². The van der Waals surface area contributed by atoms with Gasteiger partial charge in [0.05, 0.1) is 90.4 Å². The number of unbranched alkanes of at least 4 members (excludes halogenated alkanes) is 2. The number of ether oxygens (including phenoxy) is 16. The molecule has 4 heterocycles. The predicted molar refractivity (Wildman–Crippen MR) is 413 cm³/mol. The fraction of sp³-hybridized carbons (Fsp3) is 0.432. The maximum absolute atomic E-state index is 13.0. The number of rotatable bonds is 40. The van der Waals surface area contributed by atoms with Crippen LogP contribution in [0, 0.1) is 10.8 Å². The van der Waals surface area contributed by atoms with Crippen LogP contribution in [0.4, 0.5) is 0 Å². The van der Waals surface area contributed by atoms with Crippen molar-refractivity contribution in [3.63, 3.8) is 0 Å². The van der Waals surface area contributed by atoms with Crippen molar-refractivity contribution in [3.8, 4) is 74.0 Å². The Kier molecular flexibility index (Phi) is 31.0. The zero-order valence-electron chi connectivity index (χ0n) is 59.6. The molecule has 4 fully saturated rings. The topological polar surface area (TPSA) is 207 Å². The van der Waals surface area contributed by atoms with Gasteiger partial charge in [-0.25, -0.2) is 9.59 Å². The lowest BCUT2D eigenvalue weighted by Gasteiger charge is -2.40. The molecule has 0 N–H and O–H groups in total. The van der Waals surface area contributed by atoms with Crippen LogP contribution in [0.2, 0.25) is 0 Å². The van der Waals surface area contributed by atoms with Crippen molar-refractivity contribution in [1.82, 2.24) is 0 Å². The number of hydrogen-bond acceptors (Lipinski definition) is 20. The molecule has 8 aromatic carbocycles. The average Bonchev–Trinajstić information content (AvgIpc) is 1.61. The second-order valence-corrected chi connectivity index (χ2v) is 27.2. The third kappa shape index (κ3) is 22.5. The molecule has 4 atom stereocenters. The van der Waals surface area contributed by atoms with Crippen molar-refractivity contribution in [3.05, 3.63) is 209 Å². The molecule has 4 saturated heterocycles. The summed E-state index contributed by atoms with van der Waals surface area (Å²) in [7, 11) is 0. The maximum Gasteiger partial charge on any atom is 0.343 e. The van der Waals surface area contributed by atoms with E-state index in [-0.39, 0.29) is 79.4 Å². The minimum atomic E-state index is -0.440. The number of fused-ring (bicyclic) bond motifs is 6. The molecule has 4 unspecified atom stereocenters. The summed E-state index contributed by atoms with van der Waals surface area (Å²) < 4.78 is 89.9. The zero-order valence-corrected chi connectivity index (χ0v) is 59.6. The third-order valence-corrected chi connectivity index (χ3v) is 19.6. The largest absolute Gasteiger partial charge is 0.494 e. The van der Waals surface area contributed by atoms with Crippen LogP contribution in [0.25, 0.3) is 22.3 Å². The average molecular weight is 1490 g/mol. The van der Waals surface area contributed by atoms with E-state index in [0.717, 1.165) is 152 Å². The van der Waals surface area contributed by atoms with E-state index in [2.05, 4.69) is 39.8 Å². The molecule has 0 amide bonds. The molecule has 2 aliphatic carbocycles. The highest BCUT2D eigenvalue weighted by atomic mass is 17.2. The molecule has 4 aliphatic heterocycles. The molecule has 0 aromatic heterocycles. The van der Waals surface area contributed by atoms with Crippen LogP contribution in [0.1, 0.15) is 156 Å². The van der Waals surface area contributed by atoms with E-state index in [0.29, 0.717) is 104 Å². The predicted octanol–water partition coefficient (Wildman–Crippen LogP) is 18.3. The molecule has 0 saturated carbocycles. The number of epoxide rings is 2. The Hall–Kier alpha value is -9.06. The molecule has 0 bridgehead atoms. The van der Waals surface area contributed by atoms with Gasteiger partial charge in [0, 0.05) is 35.9 Å². The van der Waals surface area contributed by atoms with Gasteiger partial charge in [0.15, 0.2) is 19.3 Å². The molecule has 0 spiro atoms. The van der Waals surface area contributed by atoms with Crippen molar-refractivity contribution in [2.45, 2.75) is 127 Å². The van der Waals surface area contributed by atoms with Crippen LogP contribution < -0.4 is 42.8 Å². The van der Waals surface area contributed by atoms with E-state index < -0.39 is 11.9 Å². The molecule has 580 valence electrons. The Morgan fingerprint density at radius 3 is 1.12 bits per heavy atom. The van der Waals surface area contributed by atoms with Gasteiger partial charge in [0.2, 0.25) is 6.79 Å². The van der Waals surface area contributed by atoms with E-state index >= 15 is 0 Å². The van der Waals surface area contributed by atoms with Gasteiger partial charge in [-0.3, -0.25) is 0 Å². The highest BCUT2D eigenvalue weighted by Gasteiger charge is 2.38. The molecular weight excluding hydrogens is 1380 g/mol. The van der Waals surface area contributed by atoms with E-state index in [4.69, 9.17) is 85.6 Å². The molecule has 8 aromatic rings. The Labute approximate surface area is 637 Å². The van der Waals surface area contributed by atoms with E-state index in [1.807, 2.05) is 109 Å². The first-order valence-electron chi connectivity index (χ1n) is 36.1. The quantitative estimate of drug-likeness (QED) is 0.00665. The highest BCUT2D eigenvalue weighted by Crippen LogP contribution is 2.49. The van der Waals surface area contributed by atoms with Gasteiger partial charge in [-0.05, 0) is 222 Å². The third-order valence-electron chi connectivity index (χ3n) is 19.6. The Morgan fingerprint density at radius 1 is 0.389 bits per heavy atom. The normalized spacial score (nSPS) is 17.1. The van der Waals surface area contributed by atoms with Crippen LogP contribution in [0.3, 0.4) is 0 Å². The van der Waals surface area contributed by atoms with Crippen LogP contribution in [-0.4, -0.2) is 137 Å². The standard InChI is InChI=1S/2C42H46O10.4CH4/c1-29-40-22-34(51-28-50-33-12-10-32(11-13-33)47-21-5-3-19-45-25-37-27-49-37)14-16-38(40)39-17-15-35(23-41(29)39)52-42(43)30-6-8-31(9-7-30)46-20-4-2-18-44-24-36-26-48-36;1-4-41(21-44-22-41)25-46-27-48-32-10-6-30(7-11-32)20-50-52-35-15-17-37-36-16-14-34(18-38(36)29(3)39(37)19-35)51-40(43)31-8-12-33(13-9-31)49-28-47-26-42(5-2)23-45-24-42;;;;/h6-17,22-23,29,36-37H,2-5,18-21,24-28H2,1H3;6-19,29H,4-5,20-28H2,1-3H3;4*1H4. The number of carbonyl (C=O) groups excluding carboxylic acids is 2. The van der Waals surface area contributed by atoms with Gasteiger partial charge < -0.3 is 80.7 Å². The molecule has 20 nitrogen and oxygen atoms in total. The smallest absolute Gasteiger partial charge is 0.343 e. The lowest BCUT2D eigenvalue weighted by Crippen LogP contribution is -2.45. The summed E-state index contributed by atoms with van der Waals surface area (Å²) in [6.07, 6.45) is 6.34. The fourth-order valence-electron chi connectivity index (χ4n) is 12.6. The highest BCUT2D eigenvalue weighted by molar-refractivity contribution is 5.92. The molecule has 108 heavy (non-hydrogen) atoms. The number of carbonyl (C=O) groups is 2. The van der Waals surface area contributed by atoms with Gasteiger partial charge in [-0.15, -0.1) is 0 Å². The molecule has 6 aliphatic rings. The lowest BCUT2D eigenvalue weighted by atomic mass is 9.84. The van der Waals surface area contributed by atoms with Crippen molar-refractivity contribution < 1.29 is 95.2 Å². The summed E-state index contributed by atoms with van der Waals surface area (Å²) in [5.41, 5.74) is 11.0. The summed E-state index contributed by atoms with van der Waals surface area (Å²) in [4.78, 5) is 37.2. The first-order chi connectivity index (χ1) is 51.0. The number of hydrogen-bond donors (Lipinski definition) is 0. The molecule has 0 radical (unpaired) electrons. The monoisotopic (exact) mass is 1480 g/mol. The first kappa shape index (κ1) is 83.0. The van der Waals surface area contributed by atoms with Gasteiger partial charge in [-0.1, -0.05) is 93.8 Å². The Bertz CT molecular complexity index is 4080. The van der Waals surface area contributed by atoms with Crippen LogP contribution >= 0.6 is 0 Å². The van der Waals surface area contributed by atoms with Gasteiger partial charge in [0.25, 0.3) is 0 Å². The molecule has 20 heteroatoms. The molecule has 14 rings (SSSR count). The summed E-state index contributed by atoms with van der Waals surface area (Å²) in [6, 6.07) is 52.7. The first-order valence-corrected chi connectivity index (χ1v) is 36.1. The fourth-order valence-corrected chi connectivity index (χ4v) is 12.6. The van der Waals surface area contributed by atoms with Crippen molar-refractivity contribution in [2.75, 3.05) is 113 Å². The second-order valence-electron chi connectivity index (χ2n) is 27.2. The van der Waals surface area contributed by atoms with E-state index in [1.165, 1.54) is 0 Å². The summed E-state index contributed by atoms with van der Waals surface area (Å²) in [5, 5.41) is 0. The molecular formula is C88H108O20. The maximum atomic E-state index is 13.0. The van der Waals surface area contributed by atoms with Gasteiger partial charge in [-0.2, -0.15) is 4.89 Å². The van der Waals surface area contributed by atoms with Crippen molar-refractivity contribution in [2.24, 2.45) is 10.8 Å². The van der Waals surface area contributed by atoms with Gasteiger partial charge in [0.1, 0.15) is 64.8 Å². The van der Waals surface area contributed by atoms with Gasteiger partial charge >= 0.3 is 11.9 Å². The Balaban J connectivity index is 0.000000240. The van der Waals surface area contributed by atoms with Crippen LogP contribution in [-0.2, 0) is 49.4 Å². The number of esters is 2. The lowest BCUT2D eigenvalue weighted by molar-refractivity contribution is -0.217. The zero-order chi connectivity index (χ0) is 71.5. The summed E-state index contributed by atoms with van der Waals surface area (Å²) in [6.45, 7) is 19.1. The van der Waals surface area contributed by atoms with Crippen molar-refractivity contribution in [1.29, 1.82) is 0 Å². The SMILES string of the molecule is C.C.C.C.CC1c2cc(OCOc3ccc(OCCCCOCC4CO4)cc3)ccc2-c2ccc(OC(=O)c3ccc(OCCCCOCC4CO4)cc3)cc21.CCC1(COCOc2ccc(COOc3ccc4c(c3)C(C)c3cc(OC(=O)c5ccc(OCOCC6(CC)COC6)cc5)ccc3-4)cc2)COC1. The Morgan fingerprint density at radius 2 is 0.722 bits per heavy atom. The minimum Gasteiger partial charge on any atom is -0.494 e. The van der Waals surface area contributed by atoms with Crippen molar-refractivity contribution >= 4 is 11.9 Å². The number of benzene rings is 8. The van der Waals surface area contributed by atoms with E-state index in [9.17, 15) is 9.59 Å². The second kappa shape index (κ2) is 40.4. The van der Waals surface area contributed by atoms with Crippen LogP contribution in [0.5, 0.6) is 51.7 Å². The van der Waals surface area contributed by atoms with Crippen LogP contribution in [0.15, 0.2) is 170 Å². The summed E-state index contributed by atoms with van der Waals surface area (Å²) in [5.74, 6) is 5.19.